The van der Waals surface area contributed by atoms with Crippen LogP contribution in [0.15, 0.2) is 41.8 Å². The lowest BCUT2D eigenvalue weighted by molar-refractivity contribution is 0.371. The Morgan fingerprint density at radius 1 is 1.20 bits per heavy atom. The molecule has 1 aliphatic rings. The van der Waals surface area contributed by atoms with Gasteiger partial charge in [-0.15, -0.1) is 11.3 Å². The normalized spacial score (nSPS) is 17.4. The maximum atomic E-state index is 3.82. The van der Waals surface area contributed by atoms with Crippen molar-refractivity contribution in [3.8, 4) is 0 Å². The van der Waals surface area contributed by atoms with Gasteiger partial charge in [0, 0.05) is 17.5 Å². The van der Waals surface area contributed by atoms with Gasteiger partial charge in [-0.3, -0.25) is 0 Å². The first-order valence-electron chi connectivity index (χ1n) is 7.65. The highest BCUT2D eigenvalue weighted by Crippen LogP contribution is 2.37. The number of thiophene rings is 1. The summed E-state index contributed by atoms with van der Waals surface area (Å²) in [7, 11) is 0. The molecule has 1 aromatic carbocycles. The SMILES string of the molecule is Cc1cccc(CNC(c2cccs2)C2CCCC2)c1. The molecule has 0 radical (unpaired) electrons. The number of aryl methyl sites for hydroxylation is 1. The second-order valence-corrected chi connectivity index (χ2v) is 6.89. The molecular weight excluding hydrogens is 262 g/mol. The second-order valence-electron chi connectivity index (χ2n) is 5.91. The maximum Gasteiger partial charge on any atom is 0.0446 e. The van der Waals surface area contributed by atoms with Crippen LogP contribution in [-0.4, -0.2) is 0 Å². The molecule has 1 saturated carbocycles. The van der Waals surface area contributed by atoms with Crippen LogP contribution in [0.1, 0.15) is 47.7 Å². The predicted octanol–water partition coefficient (Wildman–Crippen LogP) is 5.08. The van der Waals surface area contributed by atoms with Crippen molar-refractivity contribution in [1.29, 1.82) is 0 Å². The molecule has 0 spiro atoms. The summed E-state index contributed by atoms with van der Waals surface area (Å²) in [6.07, 6.45) is 5.56. The zero-order valence-corrected chi connectivity index (χ0v) is 13.0. The number of hydrogen-bond acceptors (Lipinski definition) is 2. The Morgan fingerprint density at radius 3 is 2.75 bits per heavy atom. The Balaban J connectivity index is 1.70. The molecule has 2 heteroatoms. The molecule has 1 fully saturated rings. The van der Waals surface area contributed by atoms with Crippen molar-refractivity contribution in [3.63, 3.8) is 0 Å². The first-order chi connectivity index (χ1) is 9.83. The third-order valence-electron chi connectivity index (χ3n) is 4.33. The van der Waals surface area contributed by atoms with Crippen molar-refractivity contribution in [2.24, 2.45) is 5.92 Å². The molecule has 0 aliphatic heterocycles. The molecule has 0 saturated heterocycles. The summed E-state index contributed by atoms with van der Waals surface area (Å²) in [4.78, 5) is 1.50. The molecule has 3 rings (SSSR count). The minimum absolute atomic E-state index is 0.540. The van der Waals surface area contributed by atoms with Gasteiger partial charge in [-0.1, -0.05) is 48.7 Å². The lowest BCUT2D eigenvalue weighted by Gasteiger charge is -2.24. The average Bonchev–Trinajstić information content (AvgIpc) is 3.12. The van der Waals surface area contributed by atoms with Crippen molar-refractivity contribution in [3.05, 3.63) is 57.8 Å². The average molecular weight is 285 g/mol. The van der Waals surface area contributed by atoms with E-state index in [9.17, 15) is 0 Å². The van der Waals surface area contributed by atoms with Gasteiger partial charge in [-0.05, 0) is 42.7 Å². The van der Waals surface area contributed by atoms with Crippen LogP contribution in [-0.2, 0) is 6.54 Å². The smallest absolute Gasteiger partial charge is 0.0446 e. The molecule has 1 heterocycles. The first-order valence-corrected chi connectivity index (χ1v) is 8.53. The van der Waals surface area contributed by atoms with E-state index in [-0.39, 0.29) is 0 Å². The summed E-state index contributed by atoms with van der Waals surface area (Å²) >= 11 is 1.89. The van der Waals surface area contributed by atoms with Gasteiger partial charge in [0.05, 0.1) is 0 Å². The standard InChI is InChI=1S/C18H23NS/c1-14-6-4-7-15(12-14)13-19-18(16-8-2-3-9-16)17-10-5-11-20-17/h4-7,10-12,16,18-19H,2-3,8-9,13H2,1H3. The summed E-state index contributed by atoms with van der Waals surface area (Å²) in [5.41, 5.74) is 2.74. The van der Waals surface area contributed by atoms with E-state index in [4.69, 9.17) is 0 Å². The molecule has 0 amide bonds. The summed E-state index contributed by atoms with van der Waals surface area (Å²) in [5, 5.41) is 6.02. The highest BCUT2D eigenvalue weighted by Gasteiger charge is 2.26. The Morgan fingerprint density at radius 2 is 2.05 bits per heavy atom. The van der Waals surface area contributed by atoms with E-state index in [2.05, 4.69) is 54.0 Å². The van der Waals surface area contributed by atoms with E-state index < -0.39 is 0 Å². The minimum Gasteiger partial charge on any atom is -0.305 e. The monoisotopic (exact) mass is 285 g/mol. The van der Waals surface area contributed by atoms with Crippen LogP contribution in [0, 0.1) is 12.8 Å². The number of hydrogen-bond donors (Lipinski definition) is 1. The summed E-state index contributed by atoms with van der Waals surface area (Å²) in [6, 6.07) is 13.8. The third-order valence-corrected chi connectivity index (χ3v) is 5.28. The molecular formula is C18H23NS. The topological polar surface area (TPSA) is 12.0 Å². The summed E-state index contributed by atoms with van der Waals surface area (Å²) in [6.45, 7) is 3.14. The molecule has 1 unspecified atom stereocenters. The van der Waals surface area contributed by atoms with Crippen LogP contribution in [0.4, 0.5) is 0 Å². The van der Waals surface area contributed by atoms with Crippen molar-refractivity contribution in [2.75, 3.05) is 0 Å². The van der Waals surface area contributed by atoms with E-state index in [1.54, 1.807) is 0 Å². The van der Waals surface area contributed by atoms with Crippen LogP contribution in [0.5, 0.6) is 0 Å². The van der Waals surface area contributed by atoms with E-state index in [1.165, 1.54) is 41.7 Å². The predicted molar refractivity (Wildman–Crippen MR) is 87.0 cm³/mol. The lowest BCUT2D eigenvalue weighted by atomic mass is 9.96. The molecule has 20 heavy (non-hydrogen) atoms. The van der Waals surface area contributed by atoms with Gasteiger partial charge < -0.3 is 5.32 Å². The first kappa shape index (κ1) is 13.8. The van der Waals surface area contributed by atoms with Gasteiger partial charge in [-0.25, -0.2) is 0 Å². The minimum atomic E-state index is 0.540. The summed E-state index contributed by atoms with van der Waals surface area (Å²) < 4.78 is 0. The van der Waals surface area contributed by atoms with Gasteiger partial charge in [0.2, 0.25) is 0 Å². The van der Waals surface area contributed by atoms with Crippen molar-refractivity contribution in [2.45, 2.75) is 45.2 Å². The van der Waals surface area contributed by atoms with E-state index >= 15 is 0 Å². The fourth-order valence-electron chi connectivity index (χ4n) is 3.31. The van der Waals surface area contributed by atoms with Gasteiger partial charge in [0.15, 0.2) is 0 Å². The largest absolute Gasteiger partial charge is 0.305 e. The second kappa shape index (κ2) is 6.55. The van der Waals surface area contributed by atoms with E-state index in [0.717, 1.165) is 12.5 Å². The number of rotatable bonds is 5. The molecule has 106 valence electrons. The quantitative estimate of drug-likeness (QED) is 0.808. The number of nitrogens with one attached hydrogen (secondary N) is 1. The lowest BCUT2D eigenvalue weighted by Crippen LogP contribution is -2.26. The Hall–Kier alpha value is -1.12. The molecule has 0 bridgehead atoms. The fraction of sp³-hybridized carbons (Fsp3) is 0.444. The fourth-order valence-corrected chi connectivity index (χ4v) is 4.20. The van der Waals surface area contributed by atoms with Crippen LogP contribution in [0.3, 0.4) is 0 Å². The molecule has 1 atom stereocenters. The molecule has 1 nitrogen and oxygen atoms in total. The zero-order chi connectivity index (χ0) is 13.8. The van der Waals surface area contributed by atoms with E-state index in [0.29, 0.717) is 6.04 Å². The molecule has 1 aliphatic carbocycles. The van der Waals surface area contributed by atoms with Gasteiger partial charge in [0.25, 0.3) is 0 Å². The molecule has 1 N–H and O–H groups in total. The van der Waals surface area contributed by atoms with Gasteiger partial charge in [0.1, 0.15) is 0 Å². The third kappa shape index (κ3) is 3.31. The highest BCUT2D eigenvalue weighted by atomic mass is 32.1. The molecule has 1 aromatic heterocycles. The molecule has 2 aromatic rings. The van der Waals surface area contributed by atoms with Gasteiger partial charge >= 0.3 is 0 Å². The van der Waals surface area contributed by atoms with Crippen molar-refractivity contribution < 1.29 is 0 Å². The Kier molecular flexibility index (Phi) is 4.54. The van der Waals surface area contributed by atoms with Crippen LogP contribution in [0.25, 0.3) is 0 Å². The Bertz CT molecular complexity index is 526. The van der Waals surface area contributed by atoms with Crippen LogP contribution < -0.4 is 5.32 Å². The van der Waals surface area contributed by atoms with Crippen LogP contribution >= 0.6 is 11.3 Å². The maximum absolute atomic E-state index is 3.82. The number of benzene rings is 1. The van der Waals surface area contributed by atoms with E-state index in [1.807, 2.05) is 11.3 Å². The Labute approximate surface area is 126 Å². The van der Waals surface area contributed by atoms with Crippen molar-refractivity contribution >= 4 is 11.3 Å². The highest BCUT2D eigenvalue weighted by molar-refractivity contribution is 7.10. The van der Waals surface area contributed by atoms with Crippen molar-refractivity contribution in [1.82, 2.24) is 5.32 Å². The zero-order valence-electron chi connectivity index (χ0n) is 12.1. The summed E-state index contributed by atoms with van der Waals surface area (Å²) in [5.74, 6) is 0.818. The van der Waals surface area contributed by atoms with Gasteiger partial charge in [-0.2, -0.15) is 0 Å². The van der Waals surface area contributed by atoms with Crippen LogP contribution in [0.2, 0.25) is 0 Å².